The number of amides is 1. The zero-order valence-corrected chi connectivity index (χ0v) is 14.0. The van der Waals surface area contributed by atoms with Gasteiger partial charge in [-0.05, 0) is 38.5 Å². The maximum atomic E-state index is 13.0. The fourth-order valence-corrected chi connectivity index (χ4v) is 2.53. The molecule has 2 rings (SSSR count). The predicted octanol–water partition coefficient (Wildman–Crippen LogP) is 2.77. The lowest BCUT2D eigenvalue weighted by molar-refractivity contribution is -0.386. The van der Waals surface area contributed by atoms with Crippen LogP contribution in [0.15, 0.2) is 24.3 Å². The van der Waals surface area contributed by atoms with Gasteiger partial charge in [0, 0.05) is 7.05 Å². The highest BCUT2D eigenvalue weighted by Gasteiger charge is 2.24. The lowest BCUT2D eigenvalue weighted by Crippen LogP contribution is -2.33. The van der Waals surface area contributed by atoms with Gasteiger partial charge in [0.05, 0.1) is 11.0 Å². The number of hydrogen-bond donors (Lipinski definition) is 0. The summed E-state index contributed by atoms with van der Waals surface area (Å²) >= 11 is 0. The topological polar surface area (TPSA) is 81.3 Å². The normalized spacial score (nSPS) is 12.0. The summed E-state index contributed by atoms with van der Waals surface area (Å²) in [5, 5.41) is 15.1. The summed E-state index contributed by atoms with van der Waals surface area (Å²) < 4.78 is 14.3. The van der Waals surface area contributed by atoms with E-state index in [-0.39, 0.29) is 35.7 Å². The van der Waals surface area contributed by atoms with Gasteiger partial charge in [-0.2, -0.15) is 5.10 Å². The van der Waals surface area contributed by atoms with E-state index in [9.17, 15) is 19.3 Å². The Morgan fingerprint density at radius 3 is 2.46 bits per heavy atom. The van der Waals surface area contributed by atoms with Gasteiger partial charge in [-0.25, -0.2) is 4.39 Å². The van der Waals surface area contributed by atoms with Crippen LogP contribution in [0.2, 0.25) is 0 Å². The summed E-state index contributed by atoms with van der Waals surface area (Å²) in [7, 11) is 1.64. The maximum absolute atomic E-state index is 13.0. The fourth-order valence-electron chi connectivity index (χ4n) is 2.53. The van der Waals surface area contributed by atoms with Crippen LogP contribution in [0.4, 0.5) is 10.1 Å². The van der Waals surface area contributed by atoms with E-state index in [1.165, 1.54) is 28.6 Å². The molecule has 0 aliphatic carbocycles. The first kappa shape index (κ1) is 17.6. The van der Waals surface area contributed by atoms with Gasteiger partial charge in [-0.1, -0.05) is 12.1 Å². The average Bonchev–Trinajstić information content (AvgIpc) is 2.80. The molecule has 8 heteroatoms. The number of carbonyl (C=O) groups excluding carboxylic acids is 1. The third-order valence-electron chi connectivity index (χ3n) is 4.14. The van der Waals surface area contributed by atoms with E-state index in [0.29, 0.717) is 5.69 Å². The summed E-state index contributed by atoms with van der Waals surface area (Å²) in [6, 6.07) is 5.67. The van der Waals surface area contributed by atoms with Gasteiger partial charge >= 0.3 is 5.69 Å². The van der Waals surface area contributed by atoms with Crippen molar-refractivity contribution in [1.82, 2.24) is 14.7 Å². The highest BCUT2D eigenvalue weighted by molar-refractivity contribution is 5.76. The second-order valence-corrected chi connectivity index (χ2v) is 5.67. The van der Waals surface area contributed by atoms with Crippen LogP contribution in [-0.4, -0.2) is 32.6 Å². The van der Waals surface area contributed by atoms with E-state index in [4.69, 9.17) is 0 Å². The summed E-state index contributed by atoms with van der Waals surface area (Å²) in [5.74, 6) is -0.581. The smallest absolute Gasteiger partial charge is 0.312 e. The van der Waals surface area contributed by atoms with Gasteiger partial charge in [-0.15, -0.1) is 0 Å². The molecule has 0 spiro atoms. The summed E-state index contributed by atoms with van der Waals surface area (Å²) in [6.07, 6.45) is 0. The third kappa shape index (κ3) is 3.42. The largest absolute Gasteiger partial charge is 0.337 e. The van der Waals surface area contributed by atoms with Crippen molar-refractivity contribution in [3.63, 3.8) is 0 Å². The Morgan fingerprint density at radius 2 is 1.96 bits per heavy atom. The Balaban J connectivity index is 2.16. The summed E-state index contributed by atoms with van der Waals surface area (Å²) in [4.78, 5) is 24.5. The van der Waals surface area contributed by atoms with Crippen LogP contribution in [0.1, 0.15) is 29.9 Å². The van der Waals surface area contributed by atoms with Gasteiger partial charge in [0.15, 0.2) is 0 Å². The number of nitrogens with zero attached hydrogens (tertiary/aromatic N) is 4. The molecule has 0 saturated carbocycles. The molecule has 128 valence electrons. The number of halogens is 1. The number of hydrogen-bond acceptors (Lipinski definition) is 4. The second kappa shape index (κ2) is 6.77. The summed E-state index contributed by atoms with van der Waals surface area (Å²) in [5.41, 5.74) is 1.34. The van der Waals surface area contributed by atoms with E-state index < -0.39 is 4.92 Å². The van der Waals surface area contributed by atoms with Gasteiger partial charge in [0.2, 0.25) is 5.91 Å². The number of aromatic nitrogens is 2. The third-order valence-corrected chi connectivity index (χ3v) is 4.14. The Bertz CT molecular complexity index is 770. The highest BCUT2D eigenvalue weighted by Crippen LogP contribution is 2.23. The Labute approximate surface area is 138 Å². The number of aryl methyl sites for hydroxylation is 1. The molecule has 7 nitrogen and oxygen atoms in total. The minimum Gasteiger partial charge on any atom is -0.337 e. The molecule has 1 aromatic carbocycles. The SMILES string of the molecule is Cc1nn(CC(=O)N(C)C(C)c2ccc(F)cc2)c(C)c1[N+](=O)[O-]. The van der Waals surface area contributed by atoms with Crippen molar-refractivity contribution >= 4 is 11.6 Å². The molecule has 1 aromatic heterocycles. The van der Waals surface area contributed by atoms with Crippen molar-refractivity contribution < 1.29 is 14.1 Å². The van der Waals surface area contributed by atoms with E-state index in [1.807, 2.05) is 6.92 Å². The van der Waals surface area contributed by atoms with Crippen molar-refractivity contribution in [2.75, 3.05) is 7.05 Å². The molecule has 0 aliphatic heterocycles. The predicted molar refractivity (Wildman–Crippen MR) is 85.9 cm³/mol. The zero-order valence-electron chi connectivity index (χ0n) is 14.0. The van der Waals surface area contributed by atoms with Gasteiger partial charge in [0.25, 0.3) is 0 Å². The number of likely N-dealkylation sites (N-methyl/N-ethyl adjacent to an activating group) is 1. The molecule has 2 aromatic rings. The van der Waals surface area contributed by atoms with Crippen LogP contribution in [0.25, 0.3) is 0 Å². The number of carbonyl (C=O) groups is 1. The first-order valence-corrected chi connectivity index (χ1v) is 7.42. The molecule has 1 atom stereocenters. The Hall–Kier alpha value is -2.77. The van der Waals surface area contributed by atoms with Crippen LogP contribution < -0.4 is 0 Å². The second-order valence-electron chi connectivity index (χ2n) is 5.67. The fraction of sp³-hybridized carbons (Fsp3) is 0.375. The van der Waals surface area contributed by atoms with E-state index >= 15 is 0 Å². The van der Waals surface area contributed by atoms with E-state index in [2.05, 4.69) is 5.10 Å². The quantitative estimate of drug-likeness (QED) is 0.622. The average molecular weight is 334 g/mol. The minimum absolute atomic E-state index is 0.0722. The molecule has 0 radical (unpaired) electrons. The van der Waals surface area contributed by atoms with Crippen LogP contribution in [0, 0.1) is 29.8 Å². The number of nitro groups is 1. The van der Waals surface area contributed by atoms with Crippen LogP contribution in [0.5, 0.6) is 0 Å². The van der Waals surface area contributed by atoms with Crippen molar-refractivity contribution in [2.45, 2.75) is 33.4 Å². The van der Waals surface area contributed by atoms with Gasteiger partial charge in [0.1, 0.15) is 23.7 Å². The zero-order chi connectivity index (χ0) is 18.0. The molecule has 1 heterocycles. The molecular formula is C16H19FN4O3. The summed E-state index contributed by atoms with van der Waals surface area (Å²) in [6.45, 7) is 4.84. The van der Waals surface area contributed by atoms with E-state index in [1.54, 1.807) is 26.1 Å². The Morgan fingerprint density at radius 1 is 1.38 bits per heavy atom. The highest BCUT2D eigenvalue weighted by atomic mass is 19.1. The molecule has 0 bridgehead atoms. The minimum atomic E-state index is -0.497. The standard InChI is InChI=1S/C16H19FN4O3/c1-10-16(21(23)24)12(3)20(18-10)9-15(22)19(4)11(2)13-5-7-14(17)8-6-13/h5-8,11H,9H2,1-4H3. The number of benzene rings is 1. The molecule has 0 saturated heterocycles. The van der Waals surface area contributed by atoms with Crippen molar-refractivity contribution in [2.24, 2.45) is 0 Å². The van der Waals surface area contributed by atoms with Crippen molar-refractivity contribution in [3.8, 4) is 0 Å². The molecule has 1 unspecified atom stereocenters. The van der Waals surface area contributed by atoms with Crippen LogP contribution in [-0.2, 0) is 11.3 Å². The van der Waals surface area contributed by atoms with Crippen LogP contribution >= 0.6 is 0 Å². The first-order chi connectivity index (χ1) is 11.2. The van der Waals surface area contributed by atoms with Crippen molar-refractivity contribution in [3.05, 3.63) is 57.1 Å². The number of rotatable bonds is 5. The van der Waals surface area contributed by atoms with Crippen molar-refractivity contribution in [1.29, 1.82) is 0 Å². The first-order valence-electron chi connectivity index (χ1n) is 7.42. The van der Waals surface area contributed by atoms with Gasteiger partial charge < -0.3 is 4.90 Å². The van der Waals surface area contributed by atoms with Gasteiger partial charge in [-0.3, -0.25) is 19.6 Å². The molecule has 0 aliphatic rings. The van der Waals surface area contributed by atoms with Crippen LogP contribution in [0.3, 0.4) is 0 Å². The molecule has 0 N–H and O–H groups in total. The molecule has 0 fully saturated rings. The lowest BCUT2D eigenvalue weighted by Gasteiger charge is -2.25. The molecule has 1 amide bonds. The molecular weight excluding hydrogens is 315 g/mol. The monoisotopic (exact) mass is 334 g/mol. The molecule has 24 heavy (non-hydrogen) atoms. The Kier molecular flexibility index (Phi) is 4.96. The van der Waals surface area contributed by atoms with E-state index in [0.717, 1.165) is 5.56 Å². The lowest BCUT2D eigenvalue weighted by atomic mass is 10.1. The maximum Gasteiger partial charge on any atom is 0.312 e.